The Labute approximate surface area is 145 Å². The smallest absolute Gasteiger partial charge is 0.435 e. The monoisotopic (exact) mass is 398 g/mol. The van der Waals surface area contributed by atoms with Crippen LogP contribution in [0, 0.1) is 0 Å². The lowest BCUT2D eigenvalue weighted by Gasteiger charge is -2.30. The highest BCUT2D eigenvalue weighted by molar-refractivity contribution is 6.33. The number of rotatable bonds is 2. The number of alkyl halides is 7. The number of benzene rings is 1. The maximum absolute atomic E-state index is 14.1. The molecule has 0 radical (unpaired) electrons. The van der Waals surface area contributed by atoms with Crippen LogP contribution < -0.4 is 0 Å². The van der Waals surface area contributed by atoms with Gasteiger partial charge in [-0.05, 0) is 18.2 Å². The van der Waals surface area contributed by atoms with Crippen molar-refractivity contribution in [3.63, 3.8) is 0 Å². The van der Waals surface area contributed by atoms with Gasteiger partial charge in [-0.1, -0.05) is 17.7 Å². The molecule has 3 rings (SSSR count). The largest absolute Gasteiger partial charge is 0.436 e. The molecule has 0 aliphatic carbocycles. The van der Waals surface area contributed by atoms with E-state index >= 15 is 0 Å². The quantitative estimate of drug-likeness (QED) is 0.510. The highest BCUT2D eigenvalue weighted by Crippen LogP contribution is 2.53. The zero-order chi connectivity index (χ0) is 19.3. The average molecular weight is 399 g/mol. The molecule has 0 saturated heterocycles. The maximum Gasteiger partial charge on any atom is 0.435 e. The fraction of sp³-hybridized carbons (Fsp3) is 0.200. The standard InChI is InChI=1S/C15H6ClF7N2O/c16-9-6-24-4-3-8(9)12-25-10-5-7(1-2-11(10)26-12)13(17,14(18,19)20)15(21,22)23/h1-6H. The molecule has 0 N–H and O–H groups in total. The SMILES string of the molecule is FC(F)(F)C(F)(c1ccc2oc(-c3ccncc3Cl)nc2c1)C(F)(F)F. The second-order valence-electron chi connectivity index (χ2n) is 5.21. The lowest BCUT2D eigenvalue weighted by atomic mass is 9.94. The van der Waals surface area contributed by atoms with E-state index in [0.717, 1.165) is 6.07 Å². The Morgan fingerprint density at radius 1 is 0.923 bits per heavy atom. The summed E-state index contributed by atoms with van der Waals surface area (Å²) in [6.07, 6.45) is -9.84. The van der Waals surface area contributed by atoms with Gasteiger partial charge in [0.15, 0.2) is 5.58 Å². The van der Waals surface area contributed by atoms with E-state index in [9.17, 15) is 30.7 Å². The van der Waals surface area contributed by atoms with Crippen molar-refractivity contribution in [2.24, 2.45) is 0 Å². The average Bonchev–Trinajstić information content (AvgIpc) is 2.95. The Bertz CT molecular complexity index is 951. The van der Waals surface area contributed by atoms with Crippen molar-refractivity contribution in [2.45, 2.75) is 18.0 Å². The first kappa shape index (κ1) is 18.4. The highest BCUT2D eigenvalue weighted by atomic mass is 35.5. The molecular formula is C15H6ClF7N2O. The summed E-state index contributed by atoms with van der Waals surface area (Å²) in [7, 11) is 0. The normalized spacial score (nSPS) is 13.4. The zero-order valence-electron chi connectivity index (χ0n) is 12.3. The van der Waals surface area contributed by atoms with Gasteiger partial charge in [0.05, 0.1) is 10.6 Å². The fourth-order valence-electron chi connectivity index (χ4n) is 2.29. The van der Waals surface area contributed by atoms with Crippen LogP contribution in [0.2, 0.25) is 5.02 Å². The van der Waals surface area contributed by atoms with Gasteiger partial charge in [-0.25, -0.2) is 9.37 Å². The van der Waals surface area contributed by atoms with Crippen LogP contribution >= 0.6 is 11.6 Å². The molecule has 0 aliphatic rings. The minimum Gasteiger partial charge on any atom is -0.436 e. The fourth-order valence-corrected chi connectivity index (χ4v) is 2.49. The summed E-state index contributed by atoms with van der Waals surface area (Å²) >= 11 is 5.89. The third-order valence-electron chi connectivity index (χ3n) is 3.57. The number of halogens is 8. The summed E-state index contributed by atoms with van der Waals surface area (Å²) in [5, 5.41) is 0.102. The minimum atomic E-state index is -6.21. The molecule has 2 aromatic heterocycles. The molecule has 0 fully saturated rings. The van der Waals surface area contributed by atoms with E-state index in [0.29, 0.717) is 12.1 Å². The lowest BCUT2D eigenvalue weighted by Crippen LogP contribution is -2.50. The molecular weight excluding hydrogens is 393 g/mol. The third kappa shape index (κ3) is 2.77. The Morgan fingerprint density at radius 2 is 1.58 bits per heavy atom. The Hall–Kier alpha value is -2.36. The van der Waals surface area contributed by atoms with Crippen LogP contribution in [0.4, 0.5) is 30.7 Å². The van der Waals surface area contributed by atoms with E-state index in [2.05, 4.69) is 9.97 Å². The van der Waals surface area contributed by atoms with Gasteiger partial charge in [-0.15, -0.1) is 0 Å². The first-order valence-corrected chi connectivity index (χ1v) is 7.16. The number of fused-ring (bicyclic) bond motifs is 1. The van der Waals surface area contributed by atoms with Crippen molar-refractivity contribution in [1.82, 2.24) is 9.97 Å². The number of hydrogen-bond donors (Lipinski definition) is 0. The van der Waals surface area contributed by atoms with Crippen LogP contribution in [-0.2, 0) is 5.67 Å². The van der Waals surface area contributed by atoms with Gasteiger partial charge in [0.25, 0.3) is 0 Å². The van der Waals surface area contributed by atoms with Crippen LogP contribution in [-0.4, -0.2) is 22.3 Å². The van der Waals surface area contributed by atoms with Crippen LogP contribution in [0.25, 0.3) is 22.6 Å². The predicted molar refractivity (Wildman–Crippen MR) is 77.1 cm³/mol. The summed E-state index contributed by atoms with van der Waals surface area (Å²) in [6.45, 7) is 0. The van der Waals surface area contributed by atoms with Gasteiger partial charge in [0.2, 0.25) is 5.89 Å². The van der Waals surface area contributed by atoms with Crippen molar-refractivity contribution < 1.29 is 35.2 Å². The molecule has 3 nitrogen and oxygen atoms in total. The molecule has 0 amide bonds. The molecule has 1 aromatic carbocycles. The lowest BCUT2D eigenvalue weighted by molar-refractivity contribution is -0.348. The van der Waals surface area contributed by atoms with Crippen molar-refractivity contribution in [3.05, 3.63) is 47.2 Å². The number of hydrogen-bond acceptors (Lipinski definition) is 3. The molecule has 0 saturated carbocycles. The van der Waals surface area contributed by atoms with Crippen molar-refractivity contribution in [1.29, 1.82) is 0 Å². The minimum absolute atomic E-state index is 0.102. The summed E-state index contributed by atoms with van der Waals surface area (Å²) in [4.78, 5) is 7.53. The van der Waals surface area contributed by atoms with Gasteiger partial charge in [0.1, 0.15) is 5.52 Å². The predicted octanol–water partition coefficient (Wildman–Crippen LogP) is 5.83. The van der Waals surface area contributed by atoms with Gasteiger partial charge in [-0.2, -0.15) is 26.3 Å². The summed E-state index contributed by atoms with van der Waals surface area (Å²) in [5.41, 5.74) is -7.49. The topological polar surface area (TPSA) is 38.9 Å². The Balaban J connectivity index is 2.17. The number of pyridine rings is 1. The van der Waals surface area contributed by atoms with Crippen molar-refractivity contribution in [3.8, 4) is 11.5 Å². The van der Waals surface area contributed by atoms with E-state index in [4.69, 9.17) is 16.0 Å². The van der Waals surface area contributed by atoms with E-state index in [1.807, 2.05) is 0 Å². The van der Waals surface area contributed by atoms with Crippen LogP contribution in [0.3, 0.4) is 0 Å². The molecule has 2 heterocycles. The summed E-state index contributed by atoms with van der Waals surface area (Å²) in [6, 6.07) is 2.87. The van der Waals surface area contributed by atoms with Gasteiger partial charge >= 0.3 is 18.0 Å². The third-order valence-corrected chi connectivity index (χ3v) is 3.87. The van der Waals surface area contributed by atoms with Gasteiger partial charge in [-0.3, -0.25) is 4.98 Å². The second kappa shape index (κ2) is 5.83. The summed E-state index contributed by atoms with van der Waals surface area (Å²) < 4.78 is 96.5. The molecule has 0 spiro atoms. The van der Waals surface area contributed by atoms with E-state index in [1.54, 1.807) is 0 Å². The number of aromatic nitrogens is 2. The molecule has 3 aromatic rings. The van der Waals surface area contributed by atoms with Crippen molar-refractivity contribution >= 4 is 22.7 Å². The zero-order valence-corrected chi connectivity index (χ0v) is 13.0. The van der Waals surface area contributed by atoms with Crippen LogP contribution in [0.5, 0.6) is 0 Å². The van der Waals surface area contributed by atoms with Crippen LogP contribution in [0.1, 0.15) is 5.56 Å². The van der Waals surface area contributed by atoms with E-state index in [1.165, 1.54) is 18.5 Å². The molecule has 26 heavy (non-hydrogen) atoms. The Morgan fingerprint density at radius 3 is 2.15 bits per heavy atom. The molecule has 0 aliphatic heterocycles. The first-order chi connectivity index (χ1) is 11.9. The van der Waals surface area contributed by atoms with E-state index in [-0.39, 0.29) is 27.6 Å². The van der Waals surface area contributed by atoms with Crippen LogP contribution in [0.15, 0.2) is 41.1 Å². The van der Waals surface area contributed by atoms with Gasteiger partial charge in [0, 0.05) is 18.0 Å². The molecule has 0 atom stereocenters. The number of nitrogens with zero attached hydrogens (tertiary/aromatic N) is 2. The molecule has 0 unspecified atom stereocenters. The number of oxazole rings is 1. The molecule has 11 heteroatoms. The highest BCUT2D eigenvalue weighted by Gasteiger charge is 2.73. The first-order valence-electron chi connectivity index (χ1n) is 6.78. The molecule has 0 bridgehead atoms. The van der Waals surface area contributed by atoms with E-state index < -0.39 is 23.6 Å². The Kier molecular flexibility index (Phi) is 4.13. The molecule has 138 valence electrons. The second-order valence-corrected chi connectivity index (χ2v) is 5.62. The van der Waals surface area contributed by atoms with Crippen molar-refractivity contribution in [2.75, 3.05) is 0 Å². The maximum atomic E-state index is 14.1. The summed E-state index contributed by atoms with van der Waals surface area (Å²) in [5.74, 6) is -0.159. The van der Waals surface area contributed by atoms with Gasteiger partial charge < -0.3 is 4.42 Å².